The lowest BCUT2D eigenvalue weighted by Gasteiger charge is -2.19. The molecule has 0 fully saturated rings. The highest BCUT2D eigenvalue weighted by atomic mass is 35.5. The van der Waals surface area contributed by atoms with Crippen LogP contribution in [0.3, 0.4) is 0 Å². The molecule has 5 heteroatoms. The molecule has 1 heterocycles. The van der Waals surface area contributed by atoms with Crippen molar-refractivity contribution in [1.29, 1.82) is 5.26 Å². The van der Waals surface area contributed by atoms with Crippen LogP contribution in [0.1, 0.15) is 11.3 Å². The predicted octanol–water partition coefficient (Wildman–Crippen LogP) is 3.79. The molecule has 2 rings (SSSR count). The van der Waals surface area contributed by atoms with E-state index in [-0.39, 0.29) is 0 Å². The van der Waals surface area contributed by atoms with Crippen LogP contribution in [-0.2, 0) is 0 Å². The highest BCUT2D eigenvalue weighted by molar-refractivity contribution is 6.38. The van der Waals surface area contributed by atoms with E-state index in [4.69, 9.17) is 28.5 Å². The number of nitrogens with zero attached hydrogens (tertiary/aromatic N) is 3. The monoisotopic (exact) mass is 279 g/mol. The maximum Gasteiger partial charge on any atom is 0.146 e. The number of halogens is 2. The number of aromatic nitrogens is 1. The van der Waals surface area contributed by atoms with Gasteiger partial charge in [-0.15, -0.1) is 0 Å². The summed E-state index contributed by atoms with van der Waals surface area (Å²) in [5.41, 5.74) is 2.73. The lowest BCUT2D eigenvalue weighted by atomic mass is 10.1. The Morgan fingerprint density at radius 2 is 1.94 bits per heavy atom. The topological polar surface area (TPSA) is 39.9 Å². The summed E-state index contributed by atoms with van der Waals surface area (Å²) in [5.74, 6) is 0. The van der Waals surface area contributed by atoms with Gasteiger partial charge in [-0.25, -0.2) is 4.98 Å². The molecule has 92 valence electrons. The van der Waals surface area contributed by atoms with Gasteiger partial charge in [0.25, 0.3) is 0 Å². The van der Waals surface area contributed by atoms with E-state index >= 15 is 0 Å². The molecule has 1 aromatic carbocycles. The Morgan fingerprint density at radius 3 is 2.50 bits per heavy atom. The van der Waals surface area contributed by atoms with Crippen LogP contribution < -0.4 is 4.90 Å². The Bertz CT molecular complexity index is 672. The fourth-order valence-corrected chi connectivity index (χ4v) is 2.59. The zero-order chi connectivity index (χ0) is 13.4. The van der Waals surface area contributed by atoms with Crippen LogP contribution in [0, 0.1) is 18.3 Å². The van der Waals surface area contributed by atoms with Gasteiger partial charge in [0.05, 0.1) is 16.2 Å². The van der Waals surface area contributed by atoms with Crippen molar-refractivity contribution in [1.82, 2.24) is 4.98 Å². The third kappa shape index (κ3) is 1.98. The van der Waals surface area contributed by atoms with E-state index in [1.807, 2.05) is 32.0 Å². The van der Waals surface area contributed by atoms with Crippen molar-refractivity contribution in [2.75, 3.05) is 19.0 Å². The highest BCUT2D eigenvalue weighted by Gasteiger charge is 2.15. The van der Waals surface area contributed by atoms with E-state index in [0.717, 1.165) is 16.6 Å². The zero-order valence-electron chi connectivity index (χ0n) is 10.3. The van der Waals surface area contributed by atoms with Crippen molar-refractivity contribution in [2.24, 2.45) is 0 Å². The van der Waals surface area contributed by atoms with E-state index in [0.29, 0.717) is 21.3 Å². The summed E-state index contributed by atoms with van der Waals surface area (Å²) in [6.45, 7) is 1.87. The fraction of sp³-hybridized carbons (Fsp3) is 0.231. The molecule has 0 spiro atoms. The Kier molecular flexibility index (Phi) is 3.34. The Labute approximate surface area is 116 Å². The first-order chi connectivity index (χ1) is 8.45. The summed E-state index contributed by atoms with van der Waals surface area (Å²) in [7, 11) is 3.83. The van der Waals surface area contributed by atoms with E-state index in [2.05, 4.69) is 11.1 Å². The smallest absolute Gasteiger partial charge is 0.146 e. The molecule has 0 aliphatic heterocycles. The molecule has 3 nitrogen and oxygen atoms in total. The fourth-order valence-electron chi connectivity index (χ4n) is 2.06. The largest absolute Gasteiger partial charge is 0.377 e. The van der Waals surface area contributed by atoms with Crippen LogP contribution in [0.4, 0.5) is 5.69 Å². The summed E-state index contributed by atoms with van der Waals surface area (Å²) in [4.78, 5) is 6.24. The van der Waals surface area contributed by atoms with Crippen LogP contribution in [0.2, 0.25) is 10.0 Å². The van der Waals surface area contributed by atoms with Gasteiger partial charge in [-0.1, -0.05) is 23.2 Å². The van der Waals surface area contributed by atoms with Crippen molar-refractivity contribution in [2.45, 2.75) is 6.92 Å². The van der Waals surface area contributed by atoms with Gasteiger partial charge in [-0.2, -0.15) is 5.26 Å². The van der Waals surface area contributed by atoms with Gasteiger partial charge >= 0.3 is 0 Å². The third-order valence-corrected chi connectivity index (χ3v) is 3.28. The van der Waals surface area contributed by atoms with E-state index in [9.17, 15) is 0 Å². The molecule has 0 bridgehead atoms. The first-order valence-electron chi connectivity index (χ1n) is 5.32. The van der Waals surface area contributed by atoms with Gasteiger partial charge in [0.1, 0.15) is 11.8 Å². The first-order valence-corrected chi connectivity index (χ1v) is 6.08. The average Bonchev–Trinajstić information content (AvgIpc) is 2.27. The van der Waals surface area contributed by atoms with Crippen molar-refractivity contribution < 1.29 is 0 Å². The van der Waals surface area contributed by atoms with Crippen molar-refractivity contribution >= 4 is 39.8 Å². The summed E-state index contributed by atoms with van der Waals surface area (Å²) in [6, 6.07) is 5.55. The van der Waals surface area contributed by atoms with Crippen LogP contribution in [0.15, 0.2) is 12.1 Å². The SMILES string of the molecule is Cc1c(C#N)nc2c(Cl)cc(Cl)cc2c1N(C)C. The summed E-state index contributed by atoms with van der Waals surface area (Å²) in [6.07, 6.45) is 0. The highest BCUT2D eigenvalue weighted by Crippen LogP contribution is 2.35. The number of fused-ring (bicyclic) bond motifs is 1. The molecule has 0 saturated heterocycles. The molecule has 0 atom stereocenters. The van der Waals surface area contributed by atoms with Gasteiger partial charge in [-0.05, 0) is 19.1 Å². The lowest BCUT2D eigenvalue weighted by Crippen LogP contribution is -2.12. The predicted molar refractivity (Wildman–Crippen MR) is 75.5 cm³/mol. The number of nitriles is 1. The molecule has 1 aromatic heterocycles. The number of hydrogen-bond acceptors (Lipinski definition) is 3. The number of hydrogen-bond donors (Lipinski definition) is 0. The van der Waals surface area contributed by atoms with Crippen LogP contribution in [0.5, 0.6) is 0 Å². The summed E-state index contributed by atoms with van der Waals surface area (Å²) >= 11 is 12.2. The van der Waals surface area contributed by atoms with Gasteiger partial charge < -0.3 is 4.90 Å². The van der Waals surface area contributed by atoms with Crippen LogP contribution in [-0.4, -0.2) is 19.1 Å². The molecule has 0 N–H and O–H groups in total. The quantitative estimate of drug-likeness (QED) is 0.797. The van der Waals surface area contributed by atoms with Crippen molar-refractivity contribution in [3.63, 3.8) is 0 Å². The Balaban J connectivity index is 3.01. The molecule has 18 heavy (non-hydrogen) atoms. The molecule has 0 unspecified atom stereocenters. The molecule has 0 radical (unpaired) electrons. The number of benzene rings is 1. The van der Waals surface area contributed by atoms with Crippen LogP contribution in [0.25, 0.3) is 10.9 Å². The van der Waals surface area contributed by atoms with Gasteiger partial charge in [-0.3, -0.25) is 0 Å². The van der Waals surface area contributed by atoms with Crippen LogP contribution >= 0.6 is 23.2 Å². The maximum absolute atomic E-state index is 9.13. The van der Waals surface area contributed by atoms with Crippen molar-refractivity contribution in [3.8, 4) is 6.07 Å². The van der Waals surface area contributed by atoms with Gasteiger partial charge in [0.15, 0.2) is 0 Å². The Hall–Kier alpha value is -1.50. The molecule has 0 aliphatic rings. The molecule has 2 aromatic rings. The average molecular weight is 280 g/mol. The summed E-state index contributed by atoms with van der Waals surface area (Å²) in [5, 5.41) is 11.0. The van der Waals surface area contributed by atoms with Gasteiger partial charge in [0.2, 0.25) is 0 Å². The second-order valence-corrected chi connectivity index (χ2v) is 5.07. The normalized spacial score (nSPS) is 10.4. The molecule has 0 saturated carbocycles. The molecule has 0 aliphatic carbocycles. The van der Waals surface area contributed by atoms with E-state index in [1.54, 1.807) is 6.07 Å². The molecular weight excluding hydrogens is 269 g/mol. The second-order valence-electron chi connectivity index (χ2n) is 4.22. The maximum atomic E-state index is 9.13. The van der Waals surface area contributed by atoms with E-state index < -0.39 is 0 Å². The Morgan fingerprint density at radius 1 is 1.28 bits per heavy atom. The third-order valence-electron chi connectivity index (χ3n) is 2.77. The lowest BCUT2D eigenvalue weighted by molar-refractivity contribution is 1.11. The second kappa shape index (κ2) is 4.64. The first kappa shape index (κ1) is 12.9. The number of pyridine rings is 1. The molecule has 0 amide bonds. The molecular formula is C13H11Cl2N3. The minimum absolute atomic E-state index is 0.385. The van der Waals surface area contributed by atoms with Gasteiger partial charge in [0, 0.05) is 30.1 Å². The zero-order valence-corrected chi connectivity index (χ0v) is 11.8. The minimum atomic E-state index is 0.385. The number of anilines is 1. The minimum Gasteiger partial charge on any atom is -0.377 e. The standard InChI is InChI=1S/C13H11Cl2N3/c1-7-11(6-16)17-12-9(13(7)18(2)3)4-8(14)5-10(12)15/h4-5H,1-3H3. The van der Waals surface area contributed by atoms with Crippen molar-refractivity contribution in [3.05, 3.63) is 33.4 Å². The summed E-state index contributed by atoms with van der Waals surface area (Å²) < 4.78 is 0. The number of rotatable bonds is 1. The van der Waals surface area contributed by atoms with E-state index in [1.165, 1.54) is 0 Å².